The lowest BCUT2D eigenvalue weighted by atomic mass is 10.0. The van der Waals surface area contributed by atoms with Gasteiger partial charge in [-0.15, -0.1) is 0 Å². The number of carbonyl (C=O) groups excluding carboxylic acids is 4. The molecule has 4 rings (SSSR count). The highest BCUT2D eigenvalue weighted by atomic mass is 19.4. The Morgan fingerprint density at radius 1 is 0.971 bits per heavy atom. The smallest absolute Gasteiger partial charge is 0.418 e. The Bertz CT molecular complexity index is 1320. The zero-order chi connectivity index (χ0) is 24.6. The fraction of sp³-hybridized carbons (Fsp3) is 0.130. The van der Waals surface area contributed by atoms with Gasteiger partial charge in [-0.25, -0.2) is 0 Å². The molecule has 0 bridgehead atoms. The van der Waals surface area contributed by atoms with Crippen LogP contribution in [-0.2, 0) is 17.5 Å². The Labute approximate surface area is 190 Å². The van der Waals surface area contributed by atoms with Crippen molar-refractivity contribution >= 4 is 35.0 Å². The molecule has 0 saturated carbocycles. The topological polar surface area (TPSA) is 109 Å². The first-order valence-electron chi connectivity index (χ1n) is 9.87. The van der Waals surface area contributed by atoms with Crippen LogP contribution in [0, 0.1) is 0 Å². The number of benzene rings is 2. The van der Waals surface area contributed by atoms with E-state index in [1.54, 1.807) is 12.1 Å². The van der Waals surface area contributed by atoms with Gasteiger partial charge in [-0.3, -0.25) is 24.1 Å². The molecule has 4 amide bonds. The van der Waals surface area contributed by atoms with Gasteiger partial charge in [0, 0.05) is 18.2 Å². The molecule has 1 aliphatic heterocycles. The molecule has 174 valence electrons. The Kier molecular flexibility index (Phi) is 5.70. The Balaban J connectivity index is 1.59. The van der Waals surface area contributed by atoms with Gasteiger partial charge in [0.1, 0.15) is 5.76 Å². The molecule has 0 saturated heterocycles. The SMILES string of the molecule is CC(=O)Nc1ccc(NC(=O)c2ccc3c(c2)C(=O)N(Cc2ccco2)C3=O)c(C(F)(F)F)c1. The number of rotatable bonds is 5. The van der Waals surface area contributed by atoms with Crippen LogP contribution in [0.15, 0.2) is 59.2 Å². The molecule has 34 heavy (non-hydrogen) atoms. The zero-order valence-electron chi connectivity index (χ0n) is 17.5. The van der Waals surface area contributed by atoms with Crippen LogP contribution in [0.1, 0.15) is 49.3 Å². The normalized spacial score (nSPS) is 13.1. The average molecular weight is 471 g/mol. The van der Waals surface area contributed by atoms with Crippen molar-refractivity contribution in [1.29, 1.82) is 0 Å². The molecule has 0 fully saturated rings. The largest absolute Gasteiger partial charge is 0.467 e. The number of hydrogen-bond donors (Lipinski definition) is 2. The third-order valence-corrected chi connectivity index (χ3v) is 5.02. The molecular formula is C23H16F3N3O5. The molecule has 0 atom stereocenters. The van der Waals surface area contributed by atoms with Gasteiger partial charge >= 0.3 is 6.18 Å². The number of furan rings is 1. The Hall–Kier alpha value is -4.41. The number of carbonyl (C=O) groups is 4. The minimum absolute atomic E-state index is 0.0405. The van der Waals surface area contributed by atoms with Gasteiger partial charge in [0.2, 0.25) is 5.91 Å². The molecule has 8 nitrogen and oxygen atoms in total. The second-order valence-corrected chi connectivity index (χ2v) is 7.43. The van der Waals surface area contributed by atoms with Crippen molar-refractivity contribution in [1.82, 2.24) is 4.90 Å². The van der Waals surface area contributed by atoms with Crippen molar-refractivity contribution in [2.45, 2.75) is 19.6 Å². The number of anilines is 2. The highest BCUT2D eigenvalue weighted by molar-refractivity contribution is 6.22. The first kappa shape index (κ1) is 22.8. The van der Waals surface area contributed by atoms with E-state index in [4.69, 9.17) is 4.42 Å². The van der Waals surface area contributed by atoms with E-state index in [9.17, 15) is 32.3 Å². The first-order valence-corrected chi connectivity index (χ1v) is 9.87. The van der Waals surface area contributed by atoms with Gasteiger partial charge in [-0.2, -0.15) is 13.2 Å². The summed E-state index contributed by atoms with van der Waals surface area (Å²) in [7, 11) is 0. The van der Waals surface area contributed by atoms with Gasteiger partial charge in [0.25, 0.3) is 17.7 Å². The van der Waals surface area contributed by atoms with E-state index < -0.39 is 41.1 Å². The lowest BCUT2D eigenvalue weighted by molar-refractivity contribution is -0.137. The minimum Gasteiger partial charge on any atom is -0.467 e. The van der Waals surface area contributed by atoms with Crippen molar-refractivity contribution in [2.75, 3.05) is 10.6 Å². The van der Waals surface area contributed by atoms with Gasteiger partial charge in [0.05, 0.1) is 35.2 Å². The maximum Gasteiger partial charge on any atom is 0.418 e. The number of imide groups is 1. The first-order chi connectivity index (χ1) is 16.0. The molecule has 1 aromatic heterocycles. The molecule has 0 unspecified atom stereocenters. The summed E-state index contributed by atoms with van der Waals surface area (Å²) >= 11 is 0. The van der Waals surface area contributed by atoms with Crippen molar-refractivity contribution in [3.63, 3.8) is 0 Å². The predicted molar refractivity (Wildman–Crippen MR) is 113 cm³/mol. The molecule has 0 aliphatic carbocycles. The van der Waals surface area contributed by atoms with Crippen molar-refractivity contribution in [2.24, 2.45) is 0 Å². The monoisotopic (exact) mass is 471 g/mol. The van der Waals surface area contributed by atoms with Crippen LogP contribution in [0.5, 0.6) is 0 Å². The van der Waals surface area contributed by atoms with Crippen LogP contribution in [0.3, 0.4) is 0 Å². The van der Waals surface area contributed by atoms with E-state index in [0.717, 1.165) is 24.0 Å². The van der Waals surface area contributed by atoms with Crippen LogP contribution >= 0.6 is 0 Å². The Morgan fingerprint density at radius 2 is 1.71 bits per heavy atom. The third kappa shape index (κ3) is 4.40. The second kappa shape index (κ2) is 8.50. The van der Waals surface area contributed by atoms with Crippen LogP contribution in [-0.4, -0.2) is 28.5 Å². The Morgan fingerprint density at radius 3 is 2.35 bits per heavy atom. The maximum absolute atomic E-state index is 13.5. The van der Waals surface area contributed by atoms with Gasteiger partial charge in [-0.1, -0.05) is 0 Å². The zero-order valence-corrected chi connectivity index (χ0v) is 17.5. The molecule has 2 aromatic carbocycles. The molecule has 2 N–H and O–H groups in total. The summed E-state index contributed by atoms with van der Waals surface area (Å²) in [4.78, 5) is 50.1. The van der Waals surface area contributed by atoms with Gasteiger partial charge < -0.3 is 15.1 Å². The van der Waals surface area contributed by atoms with E-state index in [1.807, 2.05) is 0 Å². The highest BCUT2D eigenvalue weighted by Crippen LogP contribution is 2.37. The number of fused-ring (bicyclic) bond motifs is 1. The molecule has 0 radical (unpaired) electrons. The summed E-state index contributed by atoms with van der Waals surface area (Å²) < 4.78 is 45.8. The maximum atomic E-state index is 13.5. The molecule has 1 aliphatic rings. The average Bonchev–Trinajstić information content (AvgIpc) is 3.36. The van der Waals surface area contributed by atoms with Gasteiger partial charge in [0.15, 0.2) is 0 Å². The number of amides is 4. The van der Waals surface area contributed by atoms with Crippen molar-refractivity contribution in [3.05, 3.63) is 82.8 Å². The van der Waals surface area contributed by atoms with E-state index in [2.05, 4.69) is 10.6 Å². The van der Waals surface area contributed by atoms with Crippen LogP contribution in [0.2, 0.25) is 0 Å². The predicted octanol–water partition coefficient (Wildman–Crippen LogP) is 4.31. The van der Waals surface area contributed by atoms with E-state index in [0.29, 0.717) is 11.8 Å². The molecule has 11 heteroatoms. The number of nitrogens with zero attached hydrogens (tertiary/aromatic N) is 1. The second-order valence-electron chi connectivity index (χ2n) is 7.43. The van der Waals surface area contributed by atoms with E-state index in [-0.39, 0.29) is 28.9 Å². The van der Waals surface area contributed by atoms with Gasteiger partial charge in [-0.05, 0) is 48.5 Å². The number of nitrogens with one attached hydrogen (secondary N) is 2. The number of hydrogen-bond acceptors (Lipinski definition) is 5. The quantitative estimate of drug-likeness (QED) is 0.540. The molecular weight excluding hydrogens is 455 g/mol. The third-order valence-electron chi connectivity index (χ3n) is 5.02. The van der Waals surface area contributed by atoms with Crippen molar-refractivity contribution < 1.29 is 36.8 Å². The minimum atomic E-state index is -4.82. The summed E-state index contributed by atoms with van der Waals surface area (Å²) in [5.74, 6) is -2.30. The van der Waals surface area contributed by atoms with Crippen molar-refractivity contribution in [3.8, 4) is 0 Å². The summed E-state index contributed by atoms with van der Waals surface area (Å²) in [6.45, 7) is 1.05. The highest BCUT2D eigenvalue weighted by Gasteiger charge is 2.37. The van der Waals surface area contributed by atoms with Crippen LogP contribution in [0.4, 0.5) is 24.5 Å². The lowest BCUT2D eigenvalue weighted by Gasteiger charge is -2.15. The van der Waals surface area contributed by atoms with E-state index >= 15 is 0 Å². The summed E-state index contributed by atoms with van der Waals surface area (Å²) in [5.41, 5.74) is -1.86. The molecule has 2 heterocycles. The summed E-state index contributed by atoms with van der Waals surface area (Å²) in [6.07, 6.45) is -3.42. The standard InChI is InChI=1S/C23H16F3N3O5/c1-12(30)27-14-5-7-19(18(10-14)23(24,25)26)28-20(31)13-4-6-16-17(9-13)22(33)29(21(16)32)11-15-3-2-8-34-15/h2-10H,11H2,1H3,(H,27,30)(H,28,31). The summed E-state index contributed by atoms with van der Waals surface area (Å²) in [6, 6.07) is 9.81. The molecule has 3 aromatic rings. The fourth-order valence-electron chi connectivity index (χ4n) is 3.50. The van der Waals surface area contributed by atoms with Crippen LogP contribution < -0.4 is 10.6 Å². The number of halogens is 3. The van der Waals surface area contributed by atoms with Crippen LogP contribution in [0.25, 0.3) is 0 Å². The van der Waals surface area contributed by atoms with E-state index in [1.165, 1.54) is 24.5 Å². The number of alkyl halides is 3. The summed E-state index contributed by atoms with van der Waals surface area (Å²) in [5, 5.41) is 4.44. The fourth-order valence-corrected chi connectivity index (χ4v) is 3.50. The molecule has 0 spiro atoms. The lowest BCUT2D eigenvalue weighted by Crippen LogP contribution is -2.28.